The molecule has 0 saturated carbocycles. The number of amides is 1. The van der Waals surface area contributed by atoms with Crippen molar-refractivity contribution in [2.45, 2.75) is 45.1 Å². The van der Waals surface area contributed by atoms with E-state index in [9.17, 15) is 4.79 Å². The molecule has 1 amide bonds. The van der Waals surface area contributed by atoms with Gasteiger partial charge in [-0.05, 0) is 25.0 Å². The molecule has 5 nitrogen and oxygen atoms in total. The number of nitrogens with one attached hydrogen (secondary N) is 3. The highest BCUT2D eigenvalue weighted by Crippen LogP contribution is 2.30. The van der Waals surface area contributed by atoms with Crippen LogP contribution in [0.5, 0.6) is 0 Å². The van der Waals surface area contributed by atoms with Gasteiger partial charge in [-0.25, -0.2) is 0 Å². The predicted molar refractivity (Wildman–Crippen MR) is 118 cm³/mol. The van der Waals surface area contributed by atoms with E-state index in [4.69, 9.17) is 4.99 Å². The summed E-state index contributed by atoms with van der Waals surface area (Å²) >= 11 is 3.64. The van der Waals surface area contributed by atoms with Crippen molar-refractivity contribution in [3.8, 4) is 0 Å². The zero-order valence-electron chi connectivity index (χ0n) is 15.1. The first-order valence-corrected chi connectivity index (χ1v) is 9.28. The van der Waals surface area contributed by atoms with E-state index in [1.165, 1.54) is 5.56 Å². The van der Waals surface area contributed by atoms with Gasteiger partial charge >= 0.3 is 0 Å². The van der Waals surface area contributed by atoms with Crippen molar-refractivity contribution in [2.75, 3.05) is 19.6 Å². The van der Waals surface area contributed by atoms with E-state index in [0.717, 1.165) is 23.4 Å². The Bertz CT molecular complexity index is 596. The Morgan fingerprint density at radius 3 is 2.72 bits per heavy atom. The fraction of sp³-hybridized carbons (Fsp3) is 0.556. The summed E-state index contributed by atoms with van der Waals surface area (Å²) in [6, 6.07) is 8.51. The van der Waals surface area contributed by atoms with E-state index >= 15 is 0 Å². The Balaban J connectivity index is 0.00000312. The molecule has 140 valence electrons. The van der Waals surface area contributed by atoms with Crippen LogP contribution in [0.25, 0.3) is 0 Å². The molecule has 1 aromatic rings. The third-order valence-electron chi connectivity index (χ3n) is 4.19. The molecule has 7 heteroatoms. The number of aliphatic imine (C=N–C) groups is 1. The van der Waals surface area contributed by atoms with Gasteiger partial charge in [-0.3, -0.25) is 9.79 Å². The zero-order valence-corrected chi connectivity index (χ0v) is 19.0. The van der Waals surface area contributed by atoms with Crippen LogP contribution < -0.4 is 16.0 Å². The molecule has 0 bridgehead atoms. The summed E-state index contributed by atoms with van der Waals surface area (Å²) < 4.78 is 1.11. The van der Waals surface area contributed by atoms with Crippen LogP contribution in [0.4, 0.5) is 0 Å². The summed E-state index contributed by atoms with van der Waals surface area (Å²) in [6.07, 6.45) is 1.41. The van der Waals surface area contributed by atoms with Crippen LogP contribution in [0.1, 0.15) is 39.2 Å². The van der Waals surface area contributed by atoms with Crippen LogP contribution in [0, 0.1) is 0 Å². The molecule has 0 aromatic heterocycles. The fourth-order valence-corrected chi connectivity index (χ4v) is 3.56. The Morgan fingerprint density at radius 2 is 2.12 bits per heavy atom. The first-order chi connectivity index (χ1) is 11.4. The van der Waals surface area contributed by atoms with Crippen molar-refractivity contribution in [3.63, 3.8) is 0 Å². The molecule has 1 atom stereocenters. The minimum Gasteiger partial charge on any atom is -0.357 e. The van der Waals surface area contributed by atoms with Crippen LogP contribution in [0.15, 0.2) is 33.7 Å². The third kappa shape index (κ3) is 6.77. The highest BCUT2D eigenvalue weighted by molar-refractivity contribution is 14.0. The molecule has 1 heterocycles. The van der Waals surface area contributed by atoms with E-state index in [0.29, 0.717) is 19.5 Å². The summed E-state index contributed by atoms with van der Waals surface area (Å²) in [4.78, 5) is 16.1. The molecule has 0 spiro atoms. The molecular formula is C18H28BrIN4O. The fourth-order valence-electron chi connectivity index (χ4n) is 2.74. The first kappa shape index (κ1) is 22.2. The predicted octanol–water partition coefficient (Wildman–Crippen LogP) is 3.18. The van der Waals surface area contributed by atoms with Crippen LogP contribution >= 0.6 is 39.9 Å². The SMILES string of the molecule is CCNC(=NCC(C)(C)c1ccccc1Br)NC1CCC(=O)NC1.I. The standard InChI is InChI=1S/C18H27BrN4O.HI/c1-4-20-17(23-13-9-10-16(24)21-11-13)22-12-18(2,3)14-7-5-6-8-15(14)19;/h5-8,13H,4,9-12H2,1-3H3,(H,21,24)(H2,20,22,23);1H. The molecule has 0 radical (unpaired) electrons. The second-order valence-electron chi connectivity index (χ2n) is 6.74. The maximum atomic E-state index is 11.3. The Kier molecular flexibility index (Phi) is 9.20. The number of halogens is 2. The number of hydrogen-bond donors (Lipinski definition) is 3. The minimum atomic E-state index is -0.0801. The van der Waals surface area contributed by atoms with Gasteiger partial charge in [0.15, 0.2) is 5.96 Å². The van der Waals surface area contributed by atoms with Gasteiger partial charge < -0.3 is 16.0 Å². The van der Waals surface area contributed by atoms with Crippen LogP contribution in [-0.2, 0) is 10.2 Å². The average molecular weight is 523 g/mol. The quantitative estimate of drug-likeness (QED) is 0.316. The number of benzene rings is 1. The zero-order chi connectivity index (χ0) is 17.6. The molecule has 1 saturated heterocycles. The van der Waals surface area contributed by atoms with Crippen molar-refractivity contribution < 1.29 is 4.79 Å². The molecule has 1 aromatic carbocycles. The smallest absolute Gasteiger partial charge is 0.220 e. The van der Waals surface area contributed by atoms with Gasteiger partial charge in [0.2, 0.25) is 5.91 Å². The van der Waals surface area contributed by atoms with Crippen LogP contribution in [0.3, 0.4) is 0 Å². The van der Waals surface area contributed by atoms with Gasteiger partial charge in [0.25, 0.3) is 0 Å². The Hall–Kier alpha value is -0.830. The lowest BCUT2D eigenvalue weighted by atomic mass is 9.85. The molecule has 3 N–H and O–H groups in total. The molecule has 2 rings (SSSR count). The van der Waals surface area contributed by atoms with Crippen molar-refractivity contribution in [3.05, 3.63) is 34.3 Å². The monoisotopic (exact) mass is 522 g/mol. The highest BCUT2D eigenvalue weighted by atomic mass is 127. The Morgan fingerprint density at radius 1 is 1.40 bits per heavy atom. The molecule has 1 fully saturated rings. The Labute approximate surface area is 176 Å². The van der Waals surface area contributed by atoms with Crippen molar-refractivity contribution >= 4 is 51.8 Å². The molecule has 1 unspecified atom stereocenters. The molecule has 25 heavy (non-hydrogen) atoms. The normalized spacial score (nSPS) is 18.2. The number of nitrogens with zero attached hydrogens (tertiary/aromatic N) is 1. The summed E-state index contributed by atoms with van der Waals surface area (Å²) in [5.41, 5.74) is 1.16. The summed E-state index contributed by atoms with van der Waals surface area (Å²) in [6.45, 7) is 8.57. The number of carbonyl (C=O) groups is 1. The van der Waals surface area contributed by atoms with E-state index in [-0.39, 0.29) is 41.3 Å². The number of guanidine groups is 1. The number of piperidine rings is 1. The molecule has 1 aliphatic rings. The maximum Gasteiger partial charge on any atom is 0.220 e. The lowest BCUT2D eigenvalue weighted by molar-refractivity contribution is -0.122. The molecular weight excluding hydrogens is 495 g/mol. The van der Waals surface area contributed by atoms with Gasteiger partial charge in [0.05, 0.1) is 6.54 Å². The van der Waals surface area contributed by atoms with Crippen LogP contribution in [-0.4, -0.2) is 37.5 Å². The summed E-state index contributed by atoms with van der Waals surface area (Å²) in [5, 5.41) is 9.62. The summed E-state index contributed by atoms with van der Waals surface area (Å²) in [5.74, 6) is 0.934. The molecule has 1 aliphatic heterocycles. The topological polar surface area (TPSA) is 65.5 Å². The van der Waals surface area contributed by atoms with E-state index in [1.54, 1.807) is 0 Å². The van der Waals surface area contributed by atoms with Gasteiger partial charge in [-0.15, -0.1) is 24.0 Å². The van der Waals surface area contributed by atoms with E-state index in [1.807, 2.05) is 6.07 Å². The second kappa shape index (κ2) is 10.4. The van der Waals surface area contributed by atoms with Gasteiger partial charge in [0, 0.05) is 35.4 Å². The largest absolute Gasteiger partial charge is 0.357 e. The van der Waals surface area contributed by atoms with Crippen molar-refractivity contribution in [1.29, 1.82) is 0 Å². The van der Waals surface area contributed by atoms with Crippen LogP contribution in [0.2, 0.25) is 0 Å². The highest BCUT2D eigenvalue weighted by Gasteiger charge is 2.23. The van der Waals surface area contributed by atoms with Crippen molar-refractivity contribution in [1.82, 2.24) is 16.0 Å². The van der Waals surface area contributed by atoms with E-state index < -0.39 is 0 Å². The molecule has 0 aliphatic carbocycles. The van der Waals surface area contributed by atoms with Gasteiger partial charge in [-0.2, -0.15) is 0 Å². The van der Waals surface area contributed by atoms with Gasteiger partial charge in [-0.1, -0.05) is 48.0 Å². The lowest BCUT2D eigenvalue weighted by Gasteiger charge is -2.27. The van der Waals surface area contributed by atoms with Crippen molar-refractivity contribution in [2.24, 2.45) is 4.99 Å². The number of carbonyl (C=O) groups excluding carboxylic acids is 1. The van der Waals surface area contributed by atoms with Gasteiger partial charge in [0.1, 0.15) is 0 Å². The second-order valence-corrected chi connectivity index (χ2v) is 7.60. The average Bonchev–Trinajstić information content (AvgIpc) is 2.55. The number of hydrogen-bond acceptors (Lipinski definition) is 2. The third-order valence-corrected chi connectivity index (χ3v) is 4.88. The number of rotatable bonds is 5. The maximum absolute atomic E-state index is 11.3. The summed E-state index contributed by atoms with van der Waals surface area (Å²) in [7, 11) is 0. The lowest BCUT2D eigenvalue weighted by Crippen LogP contribution is -2.51. The first-order valence-electron chi connectivity index (χ1n) is 8.49. The van der Waals surface area contributed by atoms with E-state index in [2.05, 4.69) is 70.9 Å². The minimum absolute atomic E-state index is 0.